The molecule has 0 aliphatic carbocycles. The summed E-state index contributed by atoms with van der Waals surface area (Å²) in [5.41, 5.74) is 6.41. The molecule has 3 atom stereocenters. The summed E-state index contributed by atoms with van der Waals surface area (Å²) in [6.45, 7) is 8.60. The maximum atomic E-state index is 11.8. The van der Waals surface area contributed by atoms with Crippen LogP contribution in [-0.2, 0) is 4.79 Å². The number of aromatic nitrogens is 2. The maximum Gasteiger partial charge on any atom is 0.312 e. The summed E-state index contributed by atoms with van der Waals surface area (Å²) in [6, 6.07) is 0. The molecule has 0 saturated heterocycles. The molecule has 6 nitrogen and oxygen atoms in total. The summed E-state index contributed by atoms with van der Waals surface area (Å²) in [5.74, 6) is -0.396. The van der Waals surface area contributed by atoms with E-state index in [2.05, 4.69) is 16.9 Å². The van der Waals surface area contributed by atoms with E-state index in [4.69, 9.17) is 5.73 Å². The number of aliphatic carboxylic acids is 1. The summed E-state index contributed by atoms with van der Waals surface area (Å²) < 4.78 is 1.77. The lowest BCUT2D eigenvalue weighted by Gasteiger charge is -2.23. The molecule has 0 aliphatic heterocycles. The van der Waals surface area contributed by atoms with Crippen molar-refractivity contribution >= 4 is 11.8 Å². The first-order valence-electron chi connectivity index (χ1n) is 9.11. The van der Waals surface area contributed by atoms with Crippen LogP contribution in [0.4, 0.5) is 0 Å². The highest BCUT2D eigenvalue weighted by atomic mass is 16.4. The number of carboxylic acid groups (broad SMARTS) is 1. The lowest BCUT2D eigenvalue weighted by molar-refractivity contribution is -0.140. The number of nitrogens with zero attached hydrogens (tertiary/aromatic N) is 3. The fourth-order valence-electron chi connectivity index (χ4n) is 3.07. The van der Waals surface area contributed by atoms with Gasteiger partial charge in [0.15, 0.2) is 0 Å². The van der Waals surface area contributed by atoms with Crippen LogP contribution in [0.25, 0.3) is 0 Å². The highest BCUT2D eigenvalue weighted by Gasteiger charge is 2.30. The number of carbonyl (C=O) groups is 1. The van der Waals surface area contributed by atoms with Gasteiger partial charge in [0, 0.05) is 12.4 Å². The first kappa shape index (κ1) is 21.1. The van der Waals surface area contributed by atoms with Crippen LogP contribution in [0.5, 0.6) is 0 Å². The number of rotatable bonds is 10. The Hall–Kier alpha value is -1.95. The van der Waals surface area contributed by atoms with Crippen molar-refractivity contribution in [2.45, 2.75) is 59.3 Å². The van der Waals surface area contributed by atoms with Gasteiger partial charge in [-0.2, -0.15) is 0 Å². The van der Waals surface area contributed by atoms with Crippen LogP contribution in [0.15, 0.2) is 29.8 Å². The molecule has 140 valence electrons. The van der Waals surface area contributed by atoms with Gasteiger partial charge in [0.1, 0.15) is 18.1 Å². The van der Waals surface area contributed by atoms with Gasteiger partial charge in [0.25, 0.3) is 0 Å². The topological polar surface area (TPSA) is 93.5 Å². The fraction of sp³-hybridized carbons (Fsp3) is 0.632. The van der Waals surface area contributed by atoms with Gasteiger partial charge in [-0.3, -0.25) is 9.36 Å². The number of imidazole rings is 1. The van der Waals surface area contributed by atoms with Crippen LogP contribution in [0.1, 0.15) is 65.0 Å². The molecule has 1 heterocycles. The molecular formula is C19H32N4O2. The second-order valence-electron chi connectivity index (χ2n) is 6.59. The van der Waals surface area contributed by atoms with Crippen LogP contribution in [0.3, 0.4) is 0 Å². The van der Waals surface area contributed by atoms with Gasteiger partial charge in [-0.15, -0.1) is 0 Å². The summed E-state index contributed by atoms with van der Waals surface area (Å²) in [4.78, 5) is 20.5. The normalized spacial score (nSPS) is 16.1. The molecule has 0 amide bonds. The molecule has 0 aromatic carbocycles. The molecule has 25 heavy (non-hydrogen) atoms. The number of aliphatic imine (C=N–C) groups is 1. The van der Waals surface area contributed by atoms with E-state index in [1.165, 1.54) is 0 Å². The Kier molecular flexibility index (Phi) is 9.13. The van der Waals surface area contributed by atoms with E-state index in [0.717, 1.165) is 31.5 Å². The standard InChI is InChI=1S/C19H32N4O2/c1-5-7-9-21-15(4)23-12-17(22-13-23)18(19(24)25)14(3)10-16(11-20)8-6-2/h7,9,12-14,16,18H,5-6,8,10-11,20H2,1-4H3,(H,24,25)/b9-7-,21-15?/t14-,16?,18?/m1/s1. The Bertz CT molecular complexity index is 592. The summed E-state index contributed by atoms with van der Waals surface area (Å²) >= 11 is 0. The van der Waals surface area contributed by atoms with Crippen molar-refractivity contribution in [2.24, 2.45) is 22.6 Å². The molecule has 0 saturated carbocycles. The second-order valence-corrected chi connectivity index (χ2v) is 6.59. The molecule has 3 N–H and O–H groups in total. The molecule has 0 fully saturated rings. The SMILES string of the molecule is CC/C=C\N=C(C)n1cnc(C(C(=O)O)[C@H](C)CC(CN)CCC)c1. The number of allylic oxidation sites excluding steroid dienone is 1. The number of hydrogen-bond acceptors (Lipinski definition) is 4. The van der Waals surface area contributed by atoms with Crippen LogP contribution >= 0.6 is 0 Å². The van der Waals surface area contributed by atoms with Crippen LogP contribution in [-0.4, -0.2) is 33.0 Å². The van der Waals surface area contributed by atoms with Crippen molar-refractivity contribution in [3.63, 3.8) is 0 Å². The average Bonchev–Trinajstić information content (AvgIpc) is 3.03. The van der Waals surface area contributed by atoms with E-state index in [1.807, 2.05) is 26.8 Å². The van der Waals surface area contributed by atoms with Crippen molar-refractivity contribution in [1.82, 2.24) is 9.55 Å². The Balaban J connectivity index is 2.95. The Morgan fingerprint density at radius 2 is 2.20 bits per heavy atom. The Morgan fingerprint density at radius 1 is 1.48 bits per heavy atom. The minimum absolute atomic E-state index is 0.0295. The van der Waals surface area contributed by atoms with Crippen molar-refractivity contribution in [1.29, 1.82) is 0 Å². The quantitative estimate of drug-likeness (QED) is 0.498. The molecule has 0 radical (unpaired) electrons. The lowest BCUT2D eigenvalue weighted by Crippen LogP contribution is -2.25. The van der Waals surface area contributed by atoms with Crippen molar-refractivity contribution in [3.8, 4) is 0 Å². The third-order valence-corrected chi connectivity index (χ3v) is 4.47. The number of hydrogen-bond donors (Lipinski definition) is 2. The summed E-state index contributed by atoms with van der Waals surface area (Å²) in [5, 5.41) is 9.71. The van der Waals surface area contributed by atoms with Crippen molar-refractivity contribution < 1.29 is 9.90 Å². The largest absolute Gasteiger partial charge is 0.481 e. The van der Waals surface area contributed by atoms with Crippen molar-refractivity contribution in [2.75, 3.05) is 6.54 Å². The minimum Gasteiger partial charge on any atom is -0.481 e. The Labute approximate surface area is 150 Å². The third-order valence-electron chi connectivity index (χ3n) is 4.47. The lowest BCUT2D eigenvalue weighted by atomic mass is 9.82. The fourth-order valence-corrected chi connectivity index (χ4v) is 3.07. The second kappa shape index (κ2) is 10.8. The van der Waals surface area contributed by atoms with Crippen molar-refractivity contribution in [3.05, 3.63) is 30.5 Å². The maximum absolute atomic E-state index is 11.8. The van der Waals surface area contributed by atoms with Gasteiger partial charge in [-0.1, -0.05) is 33.3 Å². The first-order chi connectivity index (χ1) is 11.9. The van der Waals surface area contributed by atoms with E-state index in [0.29, 0.717) is 18.2 Å². The highest BCUT2D eigenvalue weighted by Crippen LogP contribution is 2.30. The minimum atomic E-state index is -0.842. The van der Waals surface area contributed by atoms with Gasteiger partial charge < -0.3 is 10.8 Å². The molecule has 0 spiro atoms. The number of carboxylic acids is 1. The first-order valence-corrected chi connectivity index (χ1v) is 9.11. The molecule has 0 bridgehead atoms. The molecule has 6 heteroatoms. The van der Waals surface area contributed by atoms with E-state index in [1.54, 1.807) is 23.3 Å². The zero-order valence-electron chi connectivity index (χ0n) is 15.9. The van der Waals surface area contributed by atoms with Crippen LogP contribution in [0.2, 0.25) is 0 Å². The average molecular weight is 348 g/mol. The van der Waals surface area contributed by atoms with Gasteiger partial charge in [-0.25, -0.2) is 9.98 Å². The molecule has 1 aromatic rings. The zero-order valence-corrected chi connectivity index (χ0v) is 15.9. The predicted molar refractivity (Wildman–Crippen MR) is 102 cm³/mol. The van der Waals surface area contributed by atoms with Gasteiger partial charge in [0.05, 0.1) is 5.69 Å². The molecule has 1 aromatic heterocycles. The zero-order chi connectivity index (χ0) is 18.8. The molecule has 2 unspecified atom stereocenters. The molecule has 0 aliphatic rings. The van der Waals surface area contributed by atoms with Crippen LogP contribution < -0.4 is 5.73 Å². The third kappa shape index (κ3) is 6.46. The smallest absolute Gasteiger partial charge is 0.312 e. The monoisotopic (exact) mass is 348 g/mol. The molecule has 1 rings (SSSR count). The van der Waals surface area contributed by atoms with Crippen LogP contribution in [0, 0.1) is 11.8 Å². The van der Waals surface area contributed by atoms with Gasteiger partial charge in [0.2, 0.25) is 0 Å². The van der Waals surface area contributed by atoms with Gasteiger partial charge in [-0.05, 0) is 44.6 Å². The summed E-state index contributed by atoms with van der Waals surface area (Å²) in [6.07, 6.45) is 10.9. The number of nitrogens with two attached hydrogens (primary N) is 1. The highest BCUT2D eigenvalue weighted by molar-refractivity contribution is 5.83. The summed E-state index contributed by atoms with van der Waals surface area (Å²) in [7, 11) is 0. The van der Waals surface area contributed by atoms with Gasteiger partial charge >= 0.3 is 5.97 Å². The Morgan fingerprint density at radius 3 is 2.76 bits per heavy atom. The van der Waals surface area contributed by atoms with E-state index in [-0.39, 0.29) is 5.92 Å². The predicted octanol–water partition coefficient (Wildman–Crippen LogP) is 3.64. The van der Waals surface area contributed by atoms with E-state index >= 15 is 0 Å². The van der Waals surface area contributed by atoms with E-state index < -0.39 is 11.9 Å². The molecular weight excluding hydrogens is 316 g/mol. The van der Waals surface area contributed by atoms with E-state index in [9.17, 15) is 9.90 Å².